The highest BCUT2D eigenvalue weighted by molar-refractivity contribution is 9.10. The minimum absolute atomic E-state index is 0.311. The van der Waals surface area contributed by atoms with Crippen LogP contribution in [0.2, 0.25) is 0 Å². The second-order valence-corrected chi connectivity index (χ2v) is 4.69. The molecule has 0 spiro atoms. The van der Waals surface area contributed by atoms with Crippen molar-refractivity contribution in [2.24, 2.45) is 0 Å². The molecule has 5 heteroatoms. The Hall–Kier alpha value is -0.680. The Morgan fingerprint density at radius 2 is 2.13 bits per heavy atom. The van der Waals surface area contributed by atoms with Gasteiger partial charge in [0.05, 0.1) is 4.47 Å². The van der Waals surface area contributed by atoms with Crippen LogP contribution in [0.25, 0.3) is 0 Å². The first-order chi connectivity index (χ1) is 7.18. The van der Waals surface area contributed by atoms with Crippen molar-refractivity contribution < 1.29 is 4.74 Å². The highest BCUT2D eigenvalue weighted by Gasteiger charge is 2.38. The number of nitrogens with two attached hydrogens (primary N) is 1. The maximum atomic E-state index is 5.75. The van der Waals surface area contributed by atoms with E-state index in [0.717, 1.165) is 30.2 Å². The topological polar surface area (TPSA) is 61.0 Å². The van der Waals surface area contributed by atoms with E-state index in [4.69, 9.17) is 10.5 Å². The van der Waals surface area contributed by atoms with Crippen LogP contribution < -0.4 is 5.73 Å². The zero-order valence-electron chi connectivity index (χ0n) is 8.66. The lowest BCUT2D eigenvalue weighted by Gasteiger charge is -2.25. The van der Waals surface area contributed by atoms with E-state index in [9.17, 15) is 0 Å². The molecular formula is C10H14BrN3O. The van der Waals surface area contributed by atoms with Crippen molar-refractivity contribution in [3.63, 3.8) is 0 Å². The Morgan fingerprint density at radius 1 is 1.47 bits per heavy atom. The molecule has 0 radical (unpaired) electrons. The minimum atomic E-state index is -0.311. The predicted molar refractivity (Wildman–Crippen MR) is 61.3 cm³/mol. The Labute approximate surface area is 97.4 Å². The van der Waals surface area contributed by atoms with Crippen LogP contribution in [0, 0.1) is 0 Å². The largest absolute Gasteiger partial charge is 0.383 e. The average Bonchev–Trinajstić information content (AvgIpc) is 2.72. The second kappa shape index (κ2) is 4.06. The normalized spacial score (nSPS) is 19.3. The molecule has 0 amide bonds. The zero-order chi connectivity index (χ0) is 10.9. The van der Waals surface area contributed by atoms with Crippen molar-refractivity contribution >= 4 is 21.7 Å². The van der Waals surface area contributed by atoms with Gasteiger partial charge in [-0.3, -0.25) is 0 Å². The fourth-order valence-corrected chi connectivity index (χ4v) is 2.26. The number of hydrogen-bond donors (Lipinski definition) is 1. The number of halogens is 1. The lowest BCUT2D eigenvalue weighted by atomic mass is 10.0. The lowest BCUT2D eigenvalue weighted by molar-refractivity contribution is -0.0162. The molecule has 1 aliphatic rings. The molecule has 1 aromatic rings. The molecule has 1 fully saturated rings. The number of hydrogen-bond acceptors (Lipinski definition) is 4. The van der Waals surface area contributed by atoms with Crippen molar-refractivity contribution in [1.82, 2.24) is 9.97 Å². The molecule has 0 aliphatic heterocycles. The molecule has 1 saturated carbocycles. The molecule has 2 N–H and O–H groups in total. The van der Waals surface area contributed by atoms with E-state index in [-0.39, 0.29) is 5.60 Å². The molecular weight excluding hydrogens is 258 g/mol. The van der Waals surface area contributed by atoms with E-state index in [1.807, 2.05) is 0 Å². The predicted octanol–water partition coefficient (Wildman–Crippen LogP) is 2.24. The third-order valence-corrected chi connectivity index (χ3v) is 3.59. The summed E-state index contributed by atoms with van der Waals surface area (Å²) < 4.78 is 6.32. The van der Waals surface area contributed by atoms with Gasteiger partial charge in [0.2, 0.25) is 0 Å². The number of nitrogens with zero attached hydrogens (tertiary/aromatic N) is 2. The molecule has 1 heterocycles. The molecule has 82 valence electrons. The van der Waals surface area contributed by atoms with E-state index in [2.05, 4.69) is 25.9 Å². The molecule has 1 aromatic heterocycles. The Balaban J connectivity index is 2.38. The van der Waals surface area contributed by atoms with Crippen molar-refractivity contribution in [1.29, 1.82) is 0 Å². The van der Waals surface area contributed by atoms with Gasteiger partial charge >= 0.3 is 0 Å². The Kier molecular flexibility index (Phi) is 2.93. The number of nitrogen functional groups attached to an aromatic ring is 1. The van der Waals surface area contributed by atoms with E-state index in [0.29, 0.717) is 11.6 Å². The summed E-state index contributed by atoms with van der Waals surface area (Å²) in [5, 5.41) is 0. The van der Waals surface area contributed by atoms with Gasteiger partial charge in [-0.1, -0.05) is 0 Å². The molecule has 15 heavy (non-hydrogen) atoms. The van der Waals surface area contributed by atoms with Crippen molar-refractivity contribution in [3.8, 4) is 0 Å². The van der Waals surface area contributed by atoms with E-state index >= 15 is 0 Å². The average molecular weight is 272 g/mol. The number of anilines is 1. The van der Waals surface area contributed by atoms with Gasteiger partial charge in [0.15, 0.2) is 5.82 Å². The van der Waals surface area contributed by atoms with Crippen molar-refractivity contribution in [2.45, 2.75) is 31.3 Å². The van der Waals surface area contributed by atoms with Gasteiger partial charge < -0.3 is 10.5 Å². The fourth-order valence-electron chi connectivity index (χ4n) is 2.06. The van der Waals surface area contributed by atoms with Crippen LogP contribution in [-0.2, 0) is 10.3 Å². The molecule has 0 atom stereocenters. The molecule has 0 bridgehead atoms. The van der Waals surface area contributed by atoms with Gasteiger partial charge in [0, 0.05) is 13.3 Å². The van der Waals surface area contributed by atoms with E-state index < -0.39 is 0 Å². The third-order valence-electron chi connectivity index (χ3n) is 2.98. The summed E-state index contributed by atoms with van der Waals surface area (Å²) in [7, 11) is 1.72. The first-order valence-corrected chi connectivity index (χ1v) is 5.81. The fraction of sp³-hybridized carbons (Fsp3) is 0.600. The third kappa shape index (κ3) is 1.86. The van der Waals surface area contributed by atoms with Gasteiger partial charge in [-0.15, -0.1) is 0 Å². The first kappa shape index (κ1) is 10.8. The number of rotatable bonds is 2. The maximum absolute atomic E-state index is 5.75. The van der Waals surface area contributed by atoms with Gasteiger partial charge in [-0.2, -0.15) is 0 Å². The van der Waals surface area contributed by atoms with E-state index in [1.165, 1.54) is 0 Å². The molecule has 0 aromatic carbocycles. The van der Waals surface area contributed by atoms with Crippen LogP contribution >= 0.6 is 15.9 Å². The summed E-state index contributed by atoms with van der Waals surface area (Å²) >= 11 is 3.29. The summed E-state index contributed by atoms with van der Waals surface area (Å²) in [6.45, 7) is 0. The molecule has 0 saturated heterocycles. The maximum Gasteiger partial charge on any atom is 0.162 e. The second-order valence-electron chi connectivity index (χ2n) is 3.83. The van der Waals surface area contributed by atoms with Crippen LogP contribution in [0.5, 0.6) is 0 Å². The smallest absolute Gasteiger partial charge is 0.162 e. The van der Waals surface area contributed by atoms with Gasteiger partial charge in [-0.25, -0.2) is 9.97 Å². The Bertz CT molecular complexity index is 364. The summed E-state index contributed by atoms with van der Waals surface area (Å²) in [5.74, 6) is 1.19. The summed E-state index contributed by atoms with van der Waals surface area (Å²) in [6, 6.07) is 0. The molecule has 2 rings (SSSR count). The van der Waals surface area contributed by atoms with Crippen LogP contribution in [0.3, 0.4) is 0 Å². The van der Waals surface area contributed by atoms with Gasteiger partial charge in [-0.05, 0) is 41.6 Å². The number of ether oxygens (including phenoxy) is 1. The van der Waals surface area contributed by atoms with E-state index in [1.54, 1.807) is 13.3 Å². The zero-order valence-corrected chi connectivity index (χ0v) is 10.2. The monoisotopic (exact) mass is 271 g/mol. The highest BCUT2D eigenvalue weighted by Crippen LogP contribution is 2.40. The summed E-state index contributed by atoms with van der Waals surface area (Å²) in [5.41, 5.74) is 5.44. The lowest BCUT2D eigenvalue weighted by Crippen LogP contribution is -2.27. The summed E-state index contributed by atoms with van der Waals surface area (Å²) in [4.78, 5) is 8.59. The van der Waals surface area contributed by atoms with Crippen LogP contribution in [-0.4, -0.2) is 17.1 Å². The standard InChI is InChI=1S/C10H14BrN3O/c1-15-10(4-2-3-5-10)9-13-6-7(11)8(12)14-9/h6H,2-5H2,1H3,(H2,12,13,14). The van der Waals surface area contributed by atoms with Gasteiger partial charge in [0.1, 0.15) is 11.4 Å². The molecule has 1 aliphatic carbocycles. The molecule has 4 nitrogen and oxygen atoms in total. The number of methoxy groups -OCH3 is 1. The quantitative estimate of drug-likeness (QED) is 0.896. The highest BCUT2D eigenvalue weighted by atomic mass is 79.9. The number of aromatic nitrogens is 2. The van der Waals surface area contributed by atoms with Crippen LogP contribution in [0.15, 0.2) is 10.7 Å². The summed E-state index contributed by atoms with van der Waals surface area (Å²) in [6.07, 6.45) is 5.96. The van der Waals surface area contributed by atoms with Gasteiger partial charge in [0.25, 0.3) is 0 Å². The van der Waals surface area contributed by atoms with Crippen molar-refractivity contribution in [2.75, 3.05) is 12.8 Å². The Morgan fingerprint density at radius 3 is 2.67 bits per heavy atom. The minimum Gasteiger partial charge on any atom is -0.383 e. The van der Waals surface area contributed by atoms with Crippen molar-refractivity contribution in [3.05, 3.63) is 16.5 Å². The SMILES string of the molecule is COC1(c2ncc(Br)c(N)n2)CCCC1. The molecule has 0 unspecified atom stereocenters. The first-order valence-electron chi connectivity index (χ1n) is 5.01. The van der Waals surface area contributed by atoms with Crippen LogP contribution in [0.1, 0.15) is 31.5 Å². The van der Waals surface area contributed by atoms with Crippen LogP contribution in [0.4, 0.5) is 5.82 Å².